The van der Waals surface area contributed by atoms with Crippen molar-refractivity contribution in [3.8, 4) is 11.5 Å². The molecule has 0 bridgehead atoms. The third-order valence-corrected chi connectivity index (χ3v) is 4.78. The number of carbonyl (C=O) groups excluding carboxylic acids is 2. The number of benzene rings is 2. The molecular weight excluding hydrogens is 332 g/mol. The van der Waals surface area contributed by atoms with Crippen LogP contribution >= 0.6 is 0 Å². The van der Waals surface area contributed by atoms with E-state index in [9.17, 15) is 9.59 Å². The molecule has 1 aliphatic carbocycles. The van der Waals surface area contributed by atoms with E-state index in [2.05, 4.69) is 5.32 Å². The van der Waals surface area contributed by atoms with Gasteiger partial charge in [0.15, 0.2) is 11.5 Å². The quantitative estimate of drug-likeness (QED) is 0.676. The van der Waals surface area contributed by atoms with E-state index in [1.54, 1.807) is 30.1 Å². The Labute approximate surface area is 151 Å². The van der Waals surface area contributed by atoms with E-state index in [-0.39, 0.29) is 24.0 Å². The van der Waals surface area contributed by atoms with Gasteiger partial charge in [-0.1, -0.05) is 18.2 Å². The Bertz CT molecular complexity index is 876. The van der Waals surface area contributed by atoms with E-state index < -0.39 is 0 Å². The van der Waals surface area contributed by atoms with Crippen molar-refractivity contribution in [2.24, 2.45) is 5.92 Å². The number of para-hydroxylation sites is 1. The Kier molecular flexibility index (Phi) is 4.03. The molecule has 1 atom stereocenters. The molecule has 1 fully saturated rings. The maximum absolute atomic E-state index is 12.6. The Hall–Kier alpha value is -3.02. The van der Waals surface area contributed by atoms with Gasteiger partial charge in [0, 0.05) is 12.7 Å². The first-order valence-corrected chi connectivity index (χ1v) is 8.61. The molecule has 1 amide bonds. The lowest BCUT2D eigenvalue weighted by Crippen LogP contribution is -2.40. The predicted molar refractivity (Wildman–Crippen MR) is 96.3 cm³/mol. The molecule has 6 heteroatoms. The SMILES string of the molecule is COc1cc([C@@H]2Nc3ccccc3C(=O)N2C)ccc1OC(=O)C1CC1. The van der Waals surface area contributed by atoms with Crippen LogP contribution in [0.3, 0.4) is 0 Å². The van der Waals surface area contributed by atoms with Crippen LogP contribution in [0.15, 0.2) is 42.5 Å². The lowest BCUT2D eigenvalue weighted by Gasteiger charge is -2.35. The van der Waals surface area contributed by atoms with Crippen molar-refractivity contribution in [2.45, 2.75) is 19.0 Å². The third kappa shape index (κ3) is 2.87. The van der Waals surface area contributed by atoms with E-state index in [0.717, 1.165) is 24.1 Å². The van der Waals surface area contributed by atoms with Gasteiger partial charge in [0.1, 0.15) is 6.17 Å². The molecule has 4 rings (SSSR count). The van der Waals surface area contributed by atoms with Gasteiger partial charge in [0.05, 0.1) is 18.6 Å². The highest BCUT2D eigenvalue weighted by atomic mass is 16.6. The smallest absolute Gasteiger partial charge is 0.314 e. The van der Waals surface area contributed by atoms with Gasteiger partial charge >= 0.3 is 5.97 Å². The fourth-order valence-electron chi connectivity index (χ4n) is 3.10. The summed E-state index contributed by atoms with van der Waals surface area (Å²) in [5.41, 5.74) is 2.29. The van der Waals surface area contributed by atoms with Crippen LogP contribution < -0.4 is 14.8 Å². The summed E-state index contributed by atoms with van der Waals surface area (Å²) >= 11 is 0. The van der Waals surface area contributed by atoms with Gasteiger partial charge in [-0.3, -0.25) is 9.59 Å². The minimum atomic E-state index is -0.334. The predicted octanol–water partition coefficient (Wildman–Crippen LogP) is 3.21. The third-order valence-electron chi connectivity index (χ3n) is 4.78. The molecule has 1 aliphatic heterocycles. The molecule has 6 nitrogen and oxygen atoms in total. The second-order valence-electron chi connectivity index (χ2n) is 6.61. The zero-order valence-electron chi connectivity index (χ0n) is 14.7. The topological polar surface area (TPSA) is 67.9 Å². The Morgan fingerprint density at radius 1 is 1.15 bits per heavy atom. The number of ether oxygens (including phenoxy) is 2. The minimum Gasteiger partial charge on any atom is -0.493 e. The van der Waals surface area contributed by atoms with E-state index in [1.807, 2.05) is 24.3 Å². The molecule has 2 aromatic carbocycles. The molecule has 134 valence electrons. The van der Waals surface area contributed by atoms with Crippen LogP contribution in [0.25, 0.3) is 0 Å². The summed E-state index contributed by atoms with van der Waals surface area (Å²) in [4.78, 5) is 26.2. The van der Waals surface area contributed by atoms with Gasteiger partial charge in [-0.2, -0.15) is 0 Å². The highest BCUT2D eigenvalue weighted by molar-refractivity contribution is 6.01. The maximum Gasteiger partial charge on any atom is 0.314 e. The number of esters is 1. The lowest BCUT2D eigenvalue weighted by atomic mass is 10.0. The standard InChI is InChI=1S/C20H20N2O4/c1-22-18(21-15-6-4-3-5-14(15)19(22)23)13-9-10-16(17(11-13)25-2)26-20(24)12-7-8-12/h3-6,9-12,18,21H,7-8H2,1-2H3/t18-/m1/s1. The fourth-order valence-corrected chi connectivity index (χ4v) is 3.10. The van der Waals surface area contributed by atoms with Crippen molar-refractivity contribution in [3.05, 3.63) is 53.6 Å². The van der Waals surface area contributed by atoms with E-state index >= 15 is 0 Å². The van der Waals surface area contributed by atoms with Crippen molar-refractivity contribution in [1.82, 2.24) is 4.90 Å². The summed E-state index contributed by atoms with van der Waals surface area (Å²) in [6, 6.07) is 12.8. The van der Waals surface area contributed by atoms with Gasteiger partial charge in [-0.15, -0.1) is 0 Å². The van der Waals surface area contributed by atoms with Crippen LogP contribution in [0.5, 0.6) is 11.5 Å². The zero-order valence-corrected chi connectivity index (χ0v) is 14.7. The average Bonchev–Trinajstić information content (AvgIpc) is 3.50. The normalized spacial score (nSPS) is 18.8. The monoisotopic (exact) mass is 352 g/mol. The van der Waals surface area contributed by atoms with Gasteiger partial charge < -0.3 is 19.7 Å². The molecule has 0 aromatic heterocycles. The molecule has 1 heterocycles. The lowest BCUT2D eigenvalue weighted by molar-refractivity contribution is -0.135. The number of hydrogen-bond donors (Lipinski definition) is 1. The molecule has 2 aliphatic rings. The van der Waals surface area contributed by atoms with Crippen LogP contribution in [0.2, 0.25) is 0 Å². The first-order valence-electron chi connectivity index (χ1n) is 8.61. The summed E-state index contributed by atoms with van der Waals surface area (Å²) in [5.74, 6) is 0.622. The Morgan fingerprint density at radius 3 is 2.65 bits per heavy atom. The zero-order chi connectivity index (χ0) is 18.3. The second kappa shape index (κ2) is 6.37. The number of anilines is 1. The van der Waals surface area contributed by atoms with E-state index in [4.69, 9.17) is 9.47 Å². The van der Waals surface area contributed by atoms with Crippen molar-refractivity contribution < 1.29 is 19.1 Å². The van der Waals surface area contributed by atoms with Crippen LogP contribution in [0.4, 0.5) is 5.69 Å². The van der Waals surface area contributed by atoms with Crippen LogP contribution in [0.1, 0.15) is 34.9 Å². The molecule has 2 aromatic rings. The number of nitrogens with one attached hydrogen (secondary N) is 1. The number of carbonyl (C=O) groups is 2. The molecule has 26 heavy (non-hydrogen) atoms. The Balaban J connectivity index is 1.63. The Morgan fingerprint density at radius 2 is 1.92 bits per heavy atom. The van der Waals surface area contributed by atoms with Crippen molar-refractivity contribution in [1.29, 1.82) is 0 Å². The van der Waals surface area contributed by atoms with Crippen LogP contribution in [-0.4, -0.2) is 30.9 Å². The fraction of sp³-hybridized carbons (Fsp3) is 0.300. The number of hydrogen-bond acceptors (Lipinski definition) is 5. The van der Waals surface area contributed by atoms with E-state index in [1.165, 1.54) is 7.11 Å². The summed E-state index contributed by atoms with van der Waals surface area (Å²) in [7, 11) is 3.29. The molecular formula is C20H20N2O4. The number of nitrogens with zero attached hydrogens (tertiary/aromatic N) is 1. The number of amides is 1. The molecule has 0 spiro atoms. The van der Waals surface area contributed by atoms with Crippen molar-refractivity contribution in [3.63, 3.8) is 0 Å². The summed E-state index contributed by atoms with van der Waals surface area (Å²) in [5, 5.41) is 3.37. The highest BCUT2D eigenvalue weighted by Crippen LogP contribution is 2.37. The minimum absolute atomic E-state index is 0.0136. The largest absolute Gasteiger partial charge is 0.493 e. The maximum atomic E-state index is 12.6. The summed E-state index contributed by atoms with van der Waals surface area (Å²) in [6.07, 6.45) is 1.44. The van der Waals surface area contributed by atoms with Gasteiger partial charge in [0.2, 0.25) is 0 Å². The van der Waals surface area contributed by atoms with E-state index in [0.29, 0.717) is 17.1 Å². The average molecular weight is 352 g/mol. The van der Waals surface area contributed by atoms with Crippen LogP contribution in [-0.2, 0) is 4.79 Å². The molecule has 1 N–H and O–H groups in total. The van der Waals surface area contributed by atoms with Gasteiger partial charge in [0.25, 0.3) is 5.91 Å². The molecule has 0 unspecified atom stereocenters. The summed E-state index contributed by atoms with van der Waals surface area (Å²) < 4.78 is 10.8. The number of rotatable bonds is 4. The van der Waals surface area contributed by atoms with Crippen molar-refractivity contribution >= 4 is 17.6 Å². The van der Waals surface area contributed by atoms with Crippen molar-refractivity contribution in [2.75, 3.05) is 19.5 Å². The first kappa shape index (κ1) is 16.4. The molecule has 0 radical (unpaired) electrons. The van der Waals surface area contributed by atoms with Gasteiger partial charge in [-0.25, -0.2) is 0 Å². The number of methoxy groups -OCH3 is 1. The number of fused-ring (bicyclic) bond motifs is 1. The van der Waals surface area contributed by atoms with Crippen LogP contribution in [0, 0.1) is 5.92 Å². The summed E-state index contributed by atoms with van der Waals surface area (Å²) in [6.45, 7) is 0. The molecule has 0 saturated heterocycles. The van der Waals surface area contributed by atoms with Gasteiger partial charge in [-0.05, 0) is 42.7 Å². The highest BCUT2D eigenvalue weighted by Gasteiger charge is 2.33. The first-order chi connectivity index (χ1) is 12.6. The second-order valence-corrected chi connectivity index (χ2v) is 6.61. The molecule has 1 saturated carbocycles.